The van der Waals surface area contributed by atoms with Crippen molar-refractivity contribution in [3.63, 3.8) is 0 Å². The highest BCUT2D eigenvalue weighted by atomic mass is 32.1. The molecule has 1 amide bonds. The van der Waals surface area contributed by atoms with E-state index in [1.807, 2.05) is 30.3 Å². The Morgan fingerprint density at radius 1 is 1.35 bits per heavy atom. The molecule has 0 saturated heterocycles. The molecule has 0 aliphatic heterocycles. The van der Waals surface area contributed by atoms with Crippen LogP contribution in [0.15, 0.2) is 36.4 Å². The molecule has 0 aliphatic carbocycles. The van der Waals surface area contributed by atoms with E-state index in [9.17, 15) is 4.79 Å². The number of hydrogen-bond donors (Lipinski definition) is 0. The molecule has 1 heterocycles. The van der Waals surface area contributed by atoms with E-state index < -0.39 is 0 Å². The molecule has 0 fully saturated rings. The molecule has 1 aromatic heterocycles. The van der Waals surface area contributed by atoms with Crippen molar-refractivity contribution < 1.29 is 9.63 Å². The van der Waals surface area contributed by atoms with Crippen molar-refractivity contribution >= 4 is 17.4 Å². The summed E-state index contributed by atoms with van der Waals surface area (Å²) in [7, 11) is 3.03. The van der Waals surface area contributed by atoms with Gasteiger partial charge in [-0.2, -0.15) is 4.37 Å². The van der Waals surface area contributed by atoms with Crippen LogP contribution in [-0.4, -0.2) is 29.5 Å². The van der Waals surface area contributed by atoms with E-state index in [-0.39, 0.29) is 5.91 Å². The van der Waals surface area contributed by atoms with Crippen LogP contribution >= 0.6 is 11.5 Å². The number of benzene rings is 1. The Kier molecular flexibility index (Phi) is 3.51. The molecule has 2 aromatic rings. The van der Waals surface area contributed by atoms with Crippen LogP contribution in [0.2, 0.25) is 0 Å². The maximum atomic E-state index is 11.8. The highest BCUT2D eigenvalue weighted by molar-refractivity contribution is 7.08. The van der Waals surface area contributed by atoms with E-state index in [4.69, 9.17) is 4.84 Å². The fourth-order valence-corrected chi connectivity index (χ4v) is 2.08. The number of rotatable bonds is 3. The first-order valence-corrected chi connectivity index (χ1v) is 5.84. The lowest BCUT2D eigenvalue weighted by Gasteiger charge is -2.11. The van der Waals surface area contributed by atoms with Crippen molar-refractivity contribution in [2.75, 3.05) is 14.2 Å². The van der Waals surface area contributed by atoms with Gasteiger partial charge in [0.05, 0.1) is 12.8 Å². The maximum Gasteiger partial charge on any atom is 0.288 e. The second kappa shape index (κ2) is 5.07. The normalized spacial score (nSPS) is 10.2. The predicted octanol–water partition coefficient (Wildman–Crippen LogP) is 2.44. The SMILES string of the molecule is CON(C)C(=O)c1cc(-c2ccccc2)ns1. The number of carbonyl (C=O) groups excluding carboxylic acids is 1. The topological polar surface area (TPSA) is 42.4 Å². The number of carbonyl (C=O) groups is 1. The molecule has 5 heteroatoms. The molecule has 1 aromatic carbocycles. The van der Waals surface area contributed by atoms with Crippen LogP contribution in [0.4, 0.5) is 0 Å². The molecule has 0 spiro atoms. The Bertz CT molecular complexity index is 510. The van der Waals surface area contributed by atoms with Crippen LogP contribution in [0.5, 0.6) is 0 Å². The largest absolute Gasteiger partial charge is 0.288 e. The number of hydroxylamine groups is 2. The van der Waals surface area contributed by atoms with E-state index in [1.165, 1.54) is 23.7 Å². The Balaban J connectivity index is 2.25. The summed E-state index contributed by atoms with van der Waals surface area (Å²) < 4.78 is 4.26. The molecule has 0 bridgehead atoms. The first kappa shape index (κ1) is 11.8. The van der Waals surface area contributed by atoms with Gasteiger partial charge >= 0.3 is 0 Å². The standard InChI is InChI=1S/C12H12N2O2S/c1-14(16-2)12(15)11-8-10(13-17-11)9-6-4-3-5-7-9/h3-8H,1-2H3. The van der Waals surface area contributed by atoms with Crippen LogP contribution < -0.4 is 0 Å². The third-order valence-electron chi connectivity index (χ3n) is 2.35. The molecule has 17 heavy (non-hydrogen) atoms. The van der Waals surface area contributed by atoms with Gasteiger partial charge in [-0.25, -0.2) is 5.06 Å². The molecule has 0 atom stereocenters. The van der Waals surface area contributed by atoms with Gasteiger partial charge in [0.25, 0.3) is 5.91 Å². The summed E-state index contributed by atoms with van der Waals surface area (Å²) in [6.45, 7) is 0. The molecule has 0 N–H and O–H groups in total. The van der Waals surface area contributed by atoms with Crippen LogP contribution in [-0.2, 0) is 4.84 Å². The molecule has 0 aliphatic rings. The van der Waals surface area contributed by atoms with Gasteiger partial charge in [-0.15, -0.1) is 0 Å². The van der Waals surface area contributed by atoms with Gasteiger partial charge in [0.15, 0.2) is 0 Å². The zero-order valence-electron chi connectivity index (χ0n) is 9.58. The van der Waals surface area contributed by atoms with Crippen molar-refractivity contribution in [1.29, 1.82) is 0 Å². The van der Waals surface area contributed by atoms with Crippen molar-refractivity contribution in [1.82, 2.24) is 9.44 Å². The van der Waals surface area contributed by atoms with Gasteiger partial charge < -0.3 is 0 Å². The van der Waals surface area contributed by atoms with Gasteiger partial charge in [0, 0.05) is 12.6 Å². The smallest absolute Gasteiger partial charge is 0.274 e. The molecule has 0 unspecified atom stereocenters. The van der Waals surface area contributed by atoms with Gasteiger partial charge in [-0.1, -0.05) is 30.3 Å². The number of nitrogens with zero attached hydrogens (tertiary/aromatic N) is 2. The second-order valence-corrected chi connectivity index (χ2v) is 4.23. The summed E-state index contributed by atoms with van der Waals surface area (Å²) in [5.41, 5.74) is 1.81. The Labute approximate surface area is 104 Å². The molecule has 4 nitrogen and oxygen atoms in total. The monoisotopic (exact) mass is 248 g/mol. The van der Waals surface area contributed by atoms with E-state index in [0.717, 1.165) is 11.3 Å². The number of amides is 1. The minimum Gasteiger partial charge on any atom is -0.274 e. The van der Waals surface area contributed by atoms with Crippen LogP contribution in [0.25, 0.3) is 11.3 Å². The fraction of sp³-hybridized carbons (Fsp3) is 0.167. The van der Waals surface area contributed by atoms with Crippen molar-refractivity contribution in [3.8, 4) is 11.3 Å². The molecular weight excluding hydrogens is 236 g/mol. The first-order valence-electron chi connectivity index (χ1n) is 5.06. The Morgan fingerprint density at radius 2 is 2.06 bits per heavy atom. The summed E-state index contributed by atoms with van der Waals surface area (Å²) in [5, 5.41) is 1.18. The Hall–Kier alpha value is -1.72. The lowest BCUT2D eigenvalue weighted by Crippen LogP contribution is -2.24. The summed E-state index contributed by atoms with van der Waals surface area (Å²) in [6, 6.07) is 11.5. The second-order valence-electron chi connectivity index (χ2n) is 3.43. The predicted molar refractivity (Wildman–Crippen MR) is 66.7 cm³/mol. The minimum absolute atomic E-state index is 0.188. The van der Waals surface area contributed by atoms with Crippen molar-refractivity contribution in [2.45, 2.75) is 0 Å². The zero-order valence-corrected chi connectivity index (χ0v) is 10.4. The van der Waals surface area contributed by atoms with E-state index in [2.05, 4.69) is 4.37 Å². The number of aromatic nitrogens is 1. The van der Waals surface area contributed by atoms with Crippen molar-refractivity contribution in [3.05, 3.63) is 41.3 Å². The molecule has 88 valence electrons. The average molecular weight is 248 g/mol. The van der Waals surface area contributed by atoms with Gasteiger partial charge in [0.1, 0.15) is 4.88 Å². The summed E-state index contributed by atoms with van der Waals surface area (Å²) in [4.78, 5) is 17.2. The quantitative estimate of drug-likeness (QED) is 0.783. The molecular formula is C12H12N2O2S. The zero-order chi connectivity index (χ0) is 12.3. The highest BCUT2D eigenvalue weighted by Gasteiger charge is 2.15. The van der Waals surface area contributed by atoms with Gasteiger partial charge in [0.2, 0.25) is 0 Å². The molecule has 0 saturated carbocycles. The number of hydrogen-bond acceptors (Lipinski definition) is 4. The van der Waals surface area contributed by atoms with Crippen LogP contribution in [0.3, 0.4) is 0 Å². The first-order chi connectivity index (χ1) is 8.22. The lowest BCUT2D eigenvalue weighted by molar-refractivity contribution is -0.0753. The molecule has 0 radical (unpaired) electrons. The van der Waals surface area contributed by atoms with Crippen molar-refractivity contribution in [2.24, 2.45) is 0 Å². The van der Waals surface area contributed by atoms with Gasteiger partial charge in [-0.05, 0) is 17.6 Å². The fourth-order valence-electron chi connectivity index (χ4n) is 1.36. The summed E-state index contributed by atoms with van der Waals surface area (Å²) in [6.07, 6.45) is 0. The summed E-state index contributed by atoms with van der Waals surface area (Å²) in [5.74, 6) is -0.188. The summed E-state index contributed by atoms with van der Waals surface area (Å²) >= 11 is 1.17. The van der Waals surface area contributed by atoms with Crippen LogP contribution in [0.1, 0.15) is 9.67 Å². The third kappa shape index (κ3) is 2.51. The van der Waals surface area contributed by atoms with E-state index in [1.54, 1.807) is 13.1 Å². The van der Waals surface area contributed by atoms with E-state index >= 15 is 0 Å². The maximum absolute atomic E-state index is 11.8. The lowest BCUT2D eigenvalue weighted by atomic mass is 10.1. The molecule has 2 rings (SSSR count). The van der Waals surface area contributed by atoms with Crippen LogP contribution in [0, 0.1) is 0 Å². The third-order valence-corrected chi connectivity index (χ3v) is 3.13. The van der Waals surface area contributed by atoms with E-state index in [0.29, 0.717) is 4.88 Å². The minimum atomic E-state index is -0.188. The Morgan fingerprint density at radius 3 is 2.71 bits per heavy atom. The van der Waals surface area contributed by atoms with Gasteiger partial charge in [-0.3, -0.25) is 9.63 Å². The average Bonchev–Trinajstić information content (AvgIpc) is 2.87. The highest BCUT2D eigenvalue weighted by Crippen LogP contribution is 2.22.